The van der Waals surface area contributed by atoms with E-state index in [-0.39, 0.29) is 4.80 Å². The van der Waals surface area contributed by atoms with Crippen molar-refractivity contribution in [2.45, 2.75) is 12.4 Å². The first kappa shape index (κ1) is 14.2. The Morgan fingerprint density at radius 3 is 2.00 bits per heavy atom. The fraction of sp³-hybridized carbons (Fsp3) is 0.200. The van der Waals surface area contributed by atoms with E-state index in [4.69, 9.17) is 5.73 Å². The fourth-order valence-corrected chi connectivity index (χ4v) is 1.52. The van der Waals surface area contributed by atoms with E-state index >= 15 is 0 Å². The van der Waals surface area contributed by atoms with Crippen LogP contribution in [0, 0.1) is 0 Å². The van der Waals surface area contributed by atoms with Crippen molar-refractivity contribution in [3.8, 4) is 5.69 Å². The Kier molecular flexibility index (Phi) is 3.11. The molecule has 0 saturated carbocycles. The lowest BCUT2D eigenvalue weighted by Gasteiger charge is -2.11. The molecule has 0 aliphatic heterocycles. The van der Waals surface area contributed by atoms with Crippen LogP contribution < -0.4 is 5.73 Å². The minimum absolute atomic E-state index is 0.223. The van der Waals surface area contributed by atoms with E-state index in [2.05, 4.69) is 10.2 Å². The molecule has 2 aromatic rings. The molecule has 10 heteroatoms. The lowest BCUT2D eigenvalue weighted by atomic mass is 10.2. The molecular weight excluding hydrogens is 290 g/mol. The molecule has 0 amide bonds. The summed E-state index contributed by atoms with van der Waals surface area (Å²) in [5.74, 6) is -0.991. The van der Waals surface area contributed by atoms with Gasteiger partial charge in [0.1, 0.15) is 0 Å². The van der Waals surface area contributed by atoms with Gasteiger partial charge in [-0.25, -0.2) is 0 Å². The second kappa shape index (κ2) is 4.39. The molecule has 0 aliphatic carbocycles. The average Bonchev–Trinajstić information content (AvgIpc) is 2.70. The van der Waals surface area contributed by atoms with Crippen molar-refractivity contribution in [2.24, 2.45) is 0 Å². The lowest BCUT2D eigenvalue weighted by Crippen LogP contribution is -2.13. The molecule has 0 fully saturated rings. The number of aromatic nitrogens is 3. The third-order valence-electron chi connectivity index (χ3n) is 2.33. The zero-order chi connectivity index (χ0) is 15.1. The van der Waals surface area contributed by atoms with Crippen LogP contribution in [0.3, 0.4) is 0 Å². The maximum atomic E-state index is 12.8. The van der Waals surface area contributed by atoms with Crippen LogP contribution in [0.5, 0.6) is 0 Å². The van der Waals surface area contributed by atoms with Crippen molar-refractivity contribution >= 4 is 5.82 Å². The van der Waals surface area contributed by atoms with Gasteiger partial charge < -0.3 is 5.73 Å². The molecule has 0 spiro atoms. The van der Waals surface area contributed by atoms with E-state index in [0.29, 0.717) is 6.07 Å². The van der Waals surface area contributed by atoms with Crippen LogP contribution >= 0.6 is 0 Å². The van der Waals surface area contributed by atoms with Gasteiger partial charge >= 0.3 is 12.4 Å². The van der Waals surface area contributed by atoms with E-state index in [1.807, 2.05) is 0 Å². The van der Waals surface area contributed by atoms with E-state index in [9.17, 15) is 26.3 Å². The molecule has 20 heavy (non-hydrogen) atoms. The number of nitrogen functional groups attached to an aromatic ring is 1. The number of nitrogens with zero attached hydrogens (tertiary/aromatic N) is 3. The highest BCUT2D eigenvalue weighted by Crippen LogP contribution is 2.35. The third-order valence-corrected chi connectivity index (χ3v) is 2.33. The maximum absolute atomic E-state index is 12.8. The van der Waals surface area contributed by atoms with Crippen molar-refractivity contribution in [3.63, 3.8) is 0 Å². The Balaban J connectivity index is 2.59. The monoisotopic (exact) mass is 296 g/mol. The van der Waals surface area contributed by atoms with Crippen LogP contribution in [0.15, 0.2) is 24.3 Å². The minimum Gasteiger partial charge on any atom is -0.380 e. The largest absolute Gasteiger partial charge is 0.438 e. The maximum Gasteiger partial charge on any atom is 0.438 e. The SMILES string of the molecule is Nc1nn(-c2ccccc2C(F)(F)F)nc1C(F)(F)F. The molecule has 1 aromatic heterocycles. The molecule has 108 valence electrons. The highest BCUT2D eigenvalue weighted by atomic mass is 19.4. The van der Waals surface area contributed by atoms with E-state index in [1.54, 1.807) is 0 Å². The summed E-state index contributed by atoms with van der Waals surface area (Å²) in [6, 6.07) is 3.98. The second-order valence-electron chi connectivity index (χ2n) is 3.74. The van der Waals surface area contributed by atoms with Crippen LogP contribution in [0.25, 0.3) is 5.69 Å². The number of benzene rings is 1. The predicted octanol–water partition coefficient (Wildman–Crippen LogP) is 2.89. The number of hydrogen-bond acceptors (Lipinski definition) is 3. The summed E-state index contributed by atoms with van der Waals surface area (Å²) in [6.45, 7) is 0. The van der Waals surface area contributed by atoms with Gasteiger partial charge in [0.05, 0.1) is 11.3 Å². The summed E-state index contributed by atoms with van der Waals surface area (Å²) in [4.78, 5) is 0.223. The quantitative estimate of drug-likeness (QED) is 0.823. The number of anilines is 1. The normalized spacial score (nSPS) is 12.7. The van der Waals surface area contributed by atoms with Crippen molar-refractivity contribution < 1.29 is 26.3 Å². The standard InChI is InChI=1S/C10H6F6N4/c11-9(12,13)5-3-1-2-4-6(5)20-18-7(8(17)19-20)10(14,15)16/h1-4H,(H2,17,19). The van der Waals surface area contributed by atoms with Crippen LogP contribution in [0.4, 0.5) is 32.2 Å². The zero-order valence-corrected chi connectivity index (χ0v) is 9.50. The van der Waals surface area contributed by atoms with Crippen molar-refractivity contribution in [3.05, 3.63) is 35.5 Å². The summed E-state index contributed by atoms with van der Waals surface area (Å²) < 4.78 is 75.7. The van der Waals surface area contributed by atoms with Crippen molar-refractivity contribution in [1.82, 2.24) is 15.0 Å². The van der Waals surface area contributed by atoms with Crippen LogP contribution in [-0.2, 0) is 12.4 Å². The highest BCUT2D eigenvalue weighted by molar-refractivity contribution is 5.44. The third kappa shape index (κ3) is 2.53. The Morgan fingerprint density at radius 2 is 1.50 bits per heavy atom. The topological polar surface area (TPSA) is 56.7 Å². The van der Waals surface area contributed by atoms with Crippen LogP contribution in [0.2, 0.25) is 0 Å². The van der Waals surface area contributed by atoms with Gasteiger partial charge in [-0.15, -0.1) is 15.0 Å². The molecule has 2 N–H and O–H groups in total. The van der Waals surface area contributed by atoms with Gasteiger partial charge in [0.2, 0.25) is 5.69 Å². The van der Waals surface area contributed by atoms with Crippen LogP contribution in [-0.4, -0.2) is 15.0 Å². The molecule has 0 saturated heterocycles. The molecule has 0 radical (unpaired) electrons. The summed E-state index contributed by atoms with van der Waals surface area (Å²) in [5, 5.41) is 6.17. The second-order valence-corrected chi connectivity index (χ2v) is 3.74. The summed E-state index contributed by atoms with van der Waals surface area (Å²) in [7, 11) is 0. The minimum atomic E-state index is -4.89. The van der Waals surface area contributed by atoms with Crippen molar-refractivity contribution in [1.29, 1.82) is 0 Å². The predicted molar refractivity (Wildman–Crippen MR) is 55.8 cm³/mol. The van der Waals surface area contributed by atoms with Gasteiger partial charge in [-0.3, -0.25) is 0 Å². The zero-order valence-electron chi connectivity index (χ0n) is 9.50. The Hall–Kier alpha value is -2.26. The number of rotatable bonds is 1. The number of halogens is 6. The molecule has 0 bridgehead atoms. The number of alkyl halides is 6. The molecule has 4 nitrogen and oxygen atoms in total. The first-order valence-corrected chi connectivity index (χ1v) is 5.07. The van der Waals surface area contributed by atoms with E-state index < -0.39 is 35.1 Å². The molecule has 0 aliphatic rings. The van der Waals surface area contributed by atoms with Crippen LogP contribution in [0.1, 0.15) is 11.3 Å². The molecular formula is C10H6F6N4. The van der Waals surface area contributed by atoms with Gasteiger partial charge in [-0.1, -0.05) is 12.1 Å². The summed E-state index contributed by atoms with van der Waals surface area (Å²) in [5.41, 5.74) is 1.70. The van der Waals surface area contributed by atoms with Gasteiger partial charge in [-0.05, 0) is 12.1 Å². The van der Waals surface area contributed by atoms with Gasteiger partial charge in [0, 0.05) is 0 Å². The molecule has 1 aromatic carbocycles. The average molecular weight is 296 g/mol. The fourth-order valence-electron chi connectivity index (χ4n) is 1.52. The Bertz CT molecular complexity index is 627. The molecule has 2 rings (SSSR count). The Labute approximate surface area is 107 Å². The highest BCUT2D eigenvalue weighted by Gasteiger charge is 2.39. The number of nitrogens with two attached hydrogens (primary N) is 1. The van der Waals surface area contributed by atoms with Gasteiger partial charge in [0.15, 0.2) is 5.82 Å². The molecule has 0 unspecified atom stereocenters. The van der Waals surface area contributed by atoms with Gasteiger partial charge in [0.25, 0.3) is 0 Å². The first-order valence-electron chi connectivity index (χ1n) is 5.07. The summed E-state index contributed by atoms with van der Waals surface area (Å²) in [6.07, 6.45) is -9.65. The Morgan fingerprint density at radius 1 is 0.900 bits per heavy atom. The lowest BCUT2D eigenvalue weighted by molar-refractivity contribution is -0.140. The van der Waals surface area contributed by atoms with E-state index in [1.165, 1.54) is 6.07 Å². The van der Waals surface area contributed by atoms with Crippen molar-refractivity contribution in [2.75, 3.05) is 5.73 Å². The van der Waals surface area contributed by atoms with Gasteiger partial charge in [-0.2, -0.15) is 26.3 Å². The number of para-hydroxylation sites is 1. The molecule has 0 atom stereocenters. The smallest absolute Gasteiger partial charge is 0.380 e. The van der Waals surface area contributed by atoms with E-state index in [0.717, 1.165) is 12.1 Å². The molecule has 1 heterocycles. The first-order chi connectivity index (χ1) is 9.10. The summed E-state index contributed by atoms with van der Waals surface area (Å²) >= 11 is 0. The number of hydrogen-bond donors (Lipinski definition) is 1.